The zero-order valence-electron chi connectivity index (χ0n) is 6.95. The second-order valence-corrected chi connectivity index (χ2v) is 3.63. The minimum absolute atomic E-state index is 0.248. The van der Waals surface area contributed by atoms with Crippen molar-refractivity contribution in [2.45, 2.75) is 5.03 Å². The van der Waals surface area contributed by atoms with Crippen molar-refractivity contribution in [3.63, 3.8) is 0 Å². The van der Waals surface area contributed by atoms with Gasteiger partial charge in [-0.3, -0.25) is 5.10 Å². The highest BCUT2D eigenvalue weighted by atomic mass is 32.2. The summed E-state index contributed by atoms with van der Waals surface area (Å²) in [5.74, 6) is 0. The van der Waals surface area contributed by atoms with E-state index >= 15 is 0 Å². The first-order valence-corrected chi connectivity index (χ1v) is 4.97. The number of nitrogens with zero attached hydrogens (tertiary/aromatic N) is 3. The molecule has 0 amide bonds. The molecule has 0 aliphatic heterocycles. The molecule has 0 aliphatic rings. The number of rotatable bonds is 1. The van der Waals surface area contributed by atoms with Gasteiger partial charge in [-0.05, 0) is 6.07 Å². The van der Waals surface area contributed by atoms with E-state index in [2.05, 4.69) is 30.7 Å². The first-order chi connectivity index (χ1) is 6.61. The summed E-state index contributed by atoms with van der Waals surface area (Å²) >= 11 is 0. The van der Waals surface area contributed by atoms with Crippen LogP contribution in [0, 0.1) is 0 Å². The Morgan fingerprint density at radius 1 is 1.36 bits per heavy atom. The lowest BCUT2D eigenvalue weighted by Gasteiger charge is -1.83. The van der Waals surface area contributed by atoms with Crippen LogP contribution in [-0.2, 0) is 10.0 Å². The van der Waals surface area contributed by atoms with E-state index in [1.807, 2.05) is 6.07 Å². The normalized spacial score (nSPS) is 10.4. The fourth-order valence-corrected chi connectivity index (χ4v) is 0.911. The SMILES string of the molecule is NS(=O)(=O)c1cn[nH]n1.c1cn[nH]c1. The van der Waals surface area contributed by atoms with E-state index in [1.54, 1.807) is 12.4 Å². The number of hydrogen-bond acceptors (Lipinski definition) is 5. The standard InChI is InChI=1S/C3H4N2.C2H4N4O2S/c1-2-4-5-3-1;3-9(7,8)2-1-4-6-5-2/h1-3H,(H,4,5);1H,(H2,3,7,8)(H,4,5,6). The van der Waals surface area contributed by atoms with Gasteiger partial charge in [0, 0.05) is 12.4 Å². The number of H-pyrrole nitrogens is 2. The lowest BCUT2D eigenvalue weighted by Crippen LogP contribution is -2.12. The third-order valence-electron chi connectivity index (χ3n) is 1.09. The minimum Gasteiger partial charge on any atom is -0.286 e. The lowest BCUT2D eigenvalue weighted by molar-refractivity contribution is 0.593. The highest BCUT2D eigenvalue weighted by Gasteiger charge is 2.08. The van der Waals surface area contributed by atoms with Crippen LogP contribution in [0.15, 0.2) is 29.7 Å². The van der Waals surface area contributed by atoms with Crippen LogP contribution in [-0.4, -0.2) is 34.0 Å². The van der Waals surface area contributed by atoms with Gasteiger partial charge in [-0.1, -0.05) is 0 Å². The number of aromatic nitrogens is 5. The molecule has 0 aliphatic carbocycles. The molecule has 2 aromatic heterocycles. The molecule has 0 fully saturated rings. The molecule has 0 bridgehead atoms. The van der Waals surface area contributed by atoms with Gasteiger partial charge in [-0.15, -0.1) is 5.10 Å². The Morgan fingerprint density at radius 3 is 2.36 bits per heavy atom. The maximum absolute atomic E-state index is 10.3. The van der Waals surface area contributed by atoms with Crippen LogP contribution in [0.5, 0.6) is 0 Å². The molecule has 0 unspecified atom stereocenters. The van der Waals surface area contributed by atoms with Gasteiger partial charge in [0.05, 0.1) is 6.20 Å². The molecule has 0 saturated heterocycles. The fraction of sp³-hybridized carbons (Fsp3) is 0. The second-order valence-electron chi connectivity index (χ2n) is 2.12. The Kier molecular flexibility index (Phi) is 3.31. The molecular formula is C5H8N6O2S. The first kappa shape index (κ1) is 10.3. The summed E-state index contributed by atoms with van der Waals surface area (Å²) in [6.45, 7) is 0. The Balaban J connectivity index is 0.000000165. The number of aromatic amines is 2. The van der Waals surface area contributed by atoms with Gasteiger partial charge in [-0.25, -0.2) is 13.6 Å². The van der Waals surface area contributed by atoms with E-state index in [0.29, 0.717) is 0 Å². The van der Waals surface area contributed by atoms with Crippen molar-refractivity contribution in [2.75, 3.05) is 0 Å². The molecule has 0 atom stereocenters. The summed E-state index contributed by atoms with van der Waals surface area (Å²) in [7, 11) is -3.66. The number of sulfonamides is 1. The fourth-order valence-electron chi connectivity index (χ4n) is 0.543. The van der Waals surface area contributed by atoms with Crippen molar-refractivity contribution in [2.24, 2.45) is 5.14 Å². The minimum atomic E-state index is -3.66. The van der Waals surface area contributed by atoms with Crippen molar-refractivity contribution < 1.29 is 8.42 Å². The highest BCUT2D eigenvalue weighted by Crippen LogP contribution is 1.94. The smallest absolute Gasteiger partial charge is 0.259 e. The largest absolute Gasteiger partial charge is 0.286 e. The van der Waals surface area contributed by atoms with Crippen LogP contribution < -0.4 is 5.14 Å². The molecule has 4 N–H and O–H groups in total. The zero-order chi connectivity index (χ0) is 10.4. The van der Waals surface area contributed by atoms with Gasteiger partial charge in [-0.2, -0.15) is 15.4 Å². The Hall–Kier alpha value is -1.74. The first-order valence-electron chi connectivity index (χ1n) is 3.43. The summed E-state index contributed by atoms with van der Waals surface area (Å²) < 4.78 is 20.7. The summed E-state index contributed by atoms with van der Waals surface area (Å²) in [6.07, 6.45) is 4.50. The number of nitrogens with one attached hydrogen (secondary N) is 2. The summed E-state index contributed by atoms with van der Waals surface area (Å²) in [5, 5.41) is 19.2. The van der Waals surface area contributed by atoms with Gasteiger partial charge >= 0.3 is 0 Å². The molecule has 2 rings (SSSR count). The second kappa shape index (κ2) is 4.48. The lowest BCUT2D eigenvalue weighted by atomic mass is 10.8. The van der Waals surface area contributed by atoms with Gasteiger partial charge < -0.3 is 0 Å². The van der Waals surface area contributed by atoms with Crippen LogP contribution in [0.1, 0.15) is 0 Å². The summed E-state index contributed by atoms with van der Waals surface area (Å²) in [4.78, 5) is 0. The number of hydrogen-bond donors (Lipinski definition) is 3. The number of primary sulfonamides is 1. The van der Waals surface area contributed by atoms with Crippen LogP contribution in [0.25, 0.3) is 0 Å². The molecule has 14 heavy (non-hydrogen) atoms. The molecule has 8 nitrogen and oxygen atoms in total. The Labute approximate surface area is 79.6 Å². The van der Waals surface area contributed by atoms with Crippen LogP contribution in [0.2, 0.25) is 0 Å². The Morgan fingerprint density at radius 2 is 2.14 bits per heavy atom. The zero-order valence-corrected chi connectivity index (χ0v) is 7.77. The van der Waals surface area contributed by atoms with Gasteiger partial charge in [0.1, 0.15) is 0 Å². The van der Waals surface area contributed by atoms with Crippen molar-refractivity contribution in [1.29, 1.82) is 0 Å². The highest BCUT2D eigenvalue weighted by molar-refractivity contribution is 7.89. The van der Waals surface area contributed by atoms with E-state index in [4.69, 9.17) is 0 Å². The van der Waals surface area contributed by atoms with E-state index in [9.17, 15) is 8.42 Å². The molecule has 2 heterocycles. The van der Waals surface area contributed by atoms with E-state index in [-0.39, 0.29) is 5.03 Å². The average molecular weight is 216 g/mol. The molecule has 76 valence electrons. The molecule has 0 aromatic carbocycles. The monoisotopic (exact) mass is 216 g/mol. The predicted molar refractivity (Wildman–Crippen MR) is 46.3 cm³/mol. The van der Waals surface area contributed by atoms with Crippen LogP contribution >= 0.6 is 0 Å². The maximum atomic E-state index is 10.3. The predicted octanol–water partition coefficient (Wildman–Crippen LogP) is -1.14. The Bertz CT molecular complexity index is 415. The molecule has 0 saturated carbocycles. The molecule has 9 heteroatoms. The van der Waals surface area contributed by atoms with E-state index in [0.717, 1.165) is 6.20 Å². The third-order valence-corrected chi connectivity index (χ3v) is 1.87. The van der Waals surface area contributed by atoms with Gasteiger partial charge in [0.2, 0.25) is 5.03 Å². The molecular weight excluding hydrogens is 208 g/mol. The van der Waals surface area contributed by atoms with Gasteiger partial charge in [0.25, 0.3) is 10.0 Å². The number of nitrogens with two attached hydrogens (primary N) is 1. The molecule has 2 aromatic rings. The van der Waals surface area contributed by atoms with Crippen molar-refractivity contribution in [3.05, 3.63) is 24.7 Å². The quantitative estimate of drug-likeness (QED) is 0.554. The van der Waals surface area contributed by atoms with Crippen molar-refractivity contribution in [1.82, 2.24) is 25.6 Å². The maximum Gasteiger partial charge on any atom is 0.259 e. The van der Waals surface area contributed by atoms with E-state index in [1.165, 1.54) is 0 Å². The average Bonchev–Trinajstić information content (AvgIpc) is 2.80. The summed E-state index contributed by atoms with van der Waals surface area (Å²) in [6, 6.07) is 1.83. The van der Waals surface area contributed by atoms with Crippen LogP contribution in [0.4, 0.5) is 0 Å². The molecule has 0 spiro atoms. The topological polar surface area (TPSA) is 130 Å². The van der Waals surface area contributed by atoms with Gasteiger partial charge in [0.15, 0.2) is 0 Å². The molecule has 0 radical (unpaired) electrons. The van der Waals surface area contributed by atoms with E-state index < -0.39 is 10.0 Å². The van der Waals surface area contributed by atoms with Crippen molar-refractivity contribution >= 4 is 10.0 Å². The third kappa shape index (κ3) is 3.33. The van der Waals surface area contributed by atoms with Crippen LogP contribution in [0.3, 0.4) is 0 Å². The van der Waals surface area contributed by atoms with Crippen molar-refractivity contribution in [3.8, 4) is 0 Å². The summed E-state index contributed by atoms with van der Waals surface area (Å²) in [5.41, 5.74) is 0.